The third-order valence-corrected chi connectivity index (χ3v) is 2.30. The van der Waals surface area contributed by atoms with Crippen molar-refractivity contribution >= 4 is 5.71 Å². The number of hydrogen-bond acceptors (Lipinski definition) is 2. The van der Waals surface area contributed by atoms with E-state index in [0.717, 1.165) is 18.6 Å². The van der Waals surface area contributed by atoms with E-state index in [1.807, 2.05) is 0 Å². The van der Waals surface area contributed by atoms with Crippen molar-refractivity contribution in [3.05, 3.63) is 0 Å². The fourth-order valence-electron chi connectivity index (χ4n) is 1.84. The third kappa shape index (κ3) is 1.15. The normalized spacial score (nSPS) is 35.1. The van der Waals surface area contributed by atoms with Crippen LogP contribution in [0.1, 0.15) is 33.6 Å². The first-order valence-electron chi connectivity index (χ1n) is 3.77. The van der Waals surface area contributed by atoms with Gasteiger partial charge in [0.15, 0.2) is 0 Å². The maximum Gasteiger partial charge on any atom is 0.0629 e. The summed E-state index contributed by atoms with van der Waals surface area (Å²) in [6.45, 7) is 6.46. The summed E-state index contributed by atoms with van der Waals surface area (Å²) in [4.78, 5) is 0. The van der Waals surface area contributed by atoms with Crippen molar-refractivity contribution in [2.75, 3.05) is 0 Å². The average Bonchev–Trinajstić information content (AvgIpc) is 2.04. The monoisotopic (exact) mass is 141 g/mol. The van der Waals surface area contributed by atoms with Gasteiger partial charge < -0.3 is 5.21 Å². The Balaban J connectivity index is 2.78. The standard InChI is InChI=1S/C8H15NO/c1-6-4-7(9-10)8(2,3)5-6/h6,10H,4-5H2,1-3H3/b9-7-. The van der Waals surface area contributed by atoms with E-state index < -0.39 is 0 Å². The summed E-state index contributed by atoms with van der Waals surface area (Å²) < 4.78 is 0. The molecule has 10 heavy (non-hydrogen) atoms. The molecule has 0 aromatic carbocycles. The van der Waals surface area contributed by atoms with Crippen LogP contribution in [0.15, 0.2) is 5.16 Å². The fraction of sp³-hybridized carbons (Fsp3) is 0.875. The number of oxime groups is 1. The Morgan fingerprint density at radius 2 is 2.20 bits per heavy atom. The lowest BCUT2D eigenvalue weighted by atomic mass is 9.89. The molecule has 1 N–H and O–H groups in total. The molecule has 0 amide bonds. The Labute approximate surface area is 61.9 Å². The Bertz CT molecular complexity index is 161. The zero-order valence-electron chi connectivity index (χ0n) is 6.89. The molecule has 1 fully saturated rings. The molecule has 0 radical (unpaired) electrons. The molecule has 0 spiro atoms. The molecule has 0 aromatic rings. The largest absolute Gasteiger partial charge is 0.411 e. The molecule has 0 bridgehead atoms. The Morgan fingerprint density at radius 3 is 2.40 bits per heavy atom. The van der Waals surface area contributed by atoms with Gasteiger partial charge in [-0.05, 0) is 18.8 Å². The highest BCUT2D eigenvalue weighted by molar-refractivity contribution is 5.91. The molecule has 1 atom stereocenters. The molecule has 0 heterocycles. The van der Waals surface area contributed by atoms with Crippen LogP contribution in [0.3, 0.4) is 0 Å². The van der Waals surface area contributed by atoms with Crippen molar-refractivity contribution in [3.63, 3.8) is 0 Å². The second kappa shape index (κ2) is 2.26. The quantitative estimate of drug-likeness (QED) is 0.407. The fourth-order valence-corrected chi connectivity index (χ4v) is 1.84. The maximum atomic E-state index is 8.61. The lowest BCUT2D eigenvalue weighted by molar-refractivity contribution is 0.310. The lowest BCUT2D eigenvalue weighted by Gasteiger charge is -2.16. The van der Waals surface area contributed by atoms with E-state index in [0.29, 0.717) is 5.92 Å². The van der Waals surface area contributed by atoms with Crippen LogP contribution in [-0.4, -0.2) is 10.9 Å². The minimum Gasteiger partial charge on any atom is -0.411 e. The van der Waals surface area contributed by atoms with Crippen LogP contribution in [0.5, 0.6) is 0 Å². The van der Waals surface area contributed by atoms with Crippen LogP contribution < -0.4 is 0 Å². The minimum atomic E-state index is 0.133. The summed E-state index contributed by atoms with van der Waals surface area (Å²) in [5.74, 6) is 0.681. The zero-order valence-corrected chi connectivity index (χ0v) is 6.89. The van der Waals surface area contributed by atoms with Gasteiger partial charge in [0.1, 0.15) is 0 Å². The van der Waals surface area contributed by atoms with Crippen LogP contribution >= 0.6 is 0 Å². The summed E-state index contributed by atoms with van der Waals surface area (Å²) >= 11 is 0. The van der Waals surface area contributed by atoms with Gasteiger partial charge in [0.2, 0.25) is 0 Å². The molecule has 2 heteroatoms. The van der Waals surface area contributed by atoms with Gasteiger partial charge in [-0.2, -0.15) is 0 Å². The van der Waals surface area contributed by atoms with Gasteiger partial charge in [-0.25, -0.2) is 0 Å². The van der Waals surface area contributed by atoms with Gasteiger partial charge in [-0.1, -0.05) is 25.9 Å². The summed E-state index contributed by atoms with van der Waals surface area (Å²) in [7, 11) is 0. The highest BCUT2D eigenvalue weighted by Crippen LogP contribution is 2.38. The topological polar surface area (TPSA) is 32.6 Å². The van der Waals surface area contributed by atoms with Gasteiger partial charge in [-0.15, -0.1) is 0 Å². The number of hydrogen-bond donors (Lipinski definition) is 1. The first-order chi connectivity index (χ1) is 4.56. The zero-order chi connectivity index (χ0) is 7.78. The molecule has 1 unspecified atom stereocenters. The van der Waals surface area contributed by atoms with Crippen molar-refractivity contribution in [2.45, 2.75) is 33.6 Å². The van der Waals surface area contributed by atoms with Gasteiger partial charge in [-0.3, -0.25) is 0 Å². The number of nitrogens with zero attached hydrogens (tertiary/aromatic N) is 1. The van der Waals surface area contributed by atoms with Crippen LogP contribution in [0.25, 0.3) is 0 Å². The molecule has 1 aliphatic carbocycles. The molecular weight excluding hydrogens is 126 g/mol. The maximum absolute atomic E-state index is 8.61. The van der Waals surface area contributed by atoms with E-state index >= 15 is 0 Å². The van der Waals surface area contributed by atoms with E-state index in [1.165, 1.54) is 0 Å². The van der Waals surface area contributed by atoms with Crippen LogP contribution in [0.2, 0.25) is 0 Å². The van der Waals surface area contributed by atoms with E-state index in [1.54, 1.807) is 0 Å². The van der Waals surface area contributed by atoms with Crippen molar-refractivity contribution < 1.29 is 5.21 Å². The van der Waals surface area contributed by atoms with Gasteiger partial charge in [0.05, 0.1) is 5.71 Å². The second-order valence-electron chi connectivity index (χ2n) is 3.94. The summed E-state index contributed by atoms with van der Waals surface area (Å²) in [5.41, 5.74) is 1.09. The molecule has 0 aromatic heterocycles. The molecular formula is C8H15NO. The van der Waals surface area contributed by atoms with Crippen molar-refractivity contribution in [1.29, 1.82) is 0 Å². The summed E-state index contributed by atoms with van der Waals surface area (Å²) in [5, 5.41) is 11.9. The second-order valence-corrected chi connectivity index (χ2v) is 3.94. The van der Waals surface area contributed by atoms with Crippen molar-refractivity contribution in [3.8, 4) is 0 Å². The highest BCUT2D eigenvalue weighted by Gasteiger charge is 2.35. The highest BCUT2D eigenvalue weighted by atomic mass is 16.4. The van der Waals surface area contributed by atoms with Crippen LogP contribution in [-0.2, 0) is 0 Å². The van der Waals surface area contributed by atoms with E-state index in [2.05, 4.69) is 25.9 Å². The van der Waals surface area contributed by atoms with Crippen LogP contribution in [0, 0.1) is 11.3 Å². The Hall–Kier alpha value is -0.530. The minimum absolute atomic E-state index is 0.133. The molecule has 58 valence electrons. The average molecular weight is 141 g/mol. The van der Waals surface area contributed by atoms with Crippen molar-refractivity contribution in [2.24, 2.45) is 16.5 Å². The molecule has 1 aliphatic rings. The SMILES string of the molecule is CC1C/C(=N/O)C(C)(C)C1. The van der Waals surface area contributed by atoms with Gasteiger partial charge in [0, 0.05) is 5.41 Å². The van der Waals surface area contributed by atoms with Crippen LogP contribution in [0.4, 0.5) is 0 Å². The Kier molecular flexibility index (Phi) is 1.71. The molecule has 0 aliphatic heterocycles. The summed E-state index contributed by atoms with van der Waals surface area (Å²) in [6.07, 6.45) is 2.11. The molecule has 0 saturated heterocycles. The van der Waals surface area contributed by atoms with E-state index in [4.69, 9.17) is 5.21 Å². The number of rotatable bonds is 0. The summed E-state index contributed by atoms with van der Waals surface area (Å²) in [6, 6.07) is 0. The molecule has 2 nitrogen and oxygen atoms in total. The first kappa shape index (κ1) is 7.58. The third-order valence-electron chi connectivity index (χ3n) is 2.30. The predicted molar refractivity (Wildman–Crippen MR) is 41.4 cm³/mol. The first-order valence-corrected chi connectivity index (χ1v) is 3.77. The predicted octanol–water partition coefficient (Wildman–Crippen LogP) is 2.27. The van der Waals surface area contributed by atoms with Gasteiger partial charge >= 0.3 is 0 Å². The van der Waals surface area contributed by atoms with Crippen molar-refractivity contribution in [1.82, 2.24) is 0 Å². The smallest absolute Gasteiger partial charge is 0.0629 e. The van der Waals surface area contributed by atoms with E-state index in [-0.39, 0.29) is 5.41 Å². The van der Waals surface area contributed by atoms with Gasteiger partial charge in [0.25, 0.3) is 0 Å². The lowest BCUT2D eigenvalue weighted by Crippen LogP contribution is -2.16. The molecule has 1 rings (SSSR count). The van der Waals surface area contributed by atoms with E-state index in [9.17, 15) is 0 Å². The molecule has 1 saturated carbocycles. The Morgan fingerprint density at radius 1 is 1.60 bits per heavy atom.